The Balaban J connectivity index is 1.75. The highest BCUT2D eigenvalue weighted by molar-refractivity contribution is 8.18. The Labute approximate surface area is 195 Å². The number of carbonyl (C=O) groups excluding carboxylic acids is 3. The molecule has 1 N–H and O–H groups in total. The van der Waals surface area contributed by atoms with Gasteiger partial charge in [-0.1, -0.05) is 29.3 Å². The molecule has 1 heterocycles. The van der Waals surface area contributed by atoms with Crippen molar-refractivity contribution in [2.45, 2.75) is 26.9 Å². The number of ether oxygens (including phenoxy) is 2. The highest BCUT2D eigenvalue weighted by Gasteiger charge is 2.36. The minimum Gasteiger partial charge on any atom is -0.493 e. The van der Waals surface area contributed by atoms with Gasteiger partial charge in [0.15, 0.2) is 11.5 Å². The van der Waals surface area contributed by atoms with Crippen LogP contribution in [0, 0.1) is 6.92 Å². The number of halogens is 1. The van der Waals surface area contributed by atoms with Crippen molar-refractivity contribution in [2.24, 2.45) is 0 Å². The van der Waals surface area contributed by atoms with Gasteiger partial charge in [-0.05, 0) is 68.4 Å². The SMILES string of the molecule is COc1cc(C=C2SC(=O)N(CC(=O)Nc3ccc(C)cc3)C2=O)cc(Cl)c1OC(C)C. The Morgan fingerprint density at radius 2 is 1.91 bits per heavy atom. The molecule has 0 spiro atoms. The van der Waals surface area contributed by atoms with Crippen LogP contribution in [-0.4, -0.2) is 41.7 Å². The average molecular weight is 475 g/mol. The molecule has 1 saturated heterocycles. The first-order valence-electron chi connectivity index (χ1n) is 9.84. The molecule has 0 aromatic heterocycles. The predicted octanol–water partition coefficient (Wildman–Crippen LogP) is 5.12. The summed E-state index contributed by atoms with van der Waals surface area (Å²) in [6.07, 6.45) is 1.44. The molecular formula is C23H23ClN2O5S. The third kappa shape index (κ3) is 5.63. The van der Waals surface area contributed by atoms with Gasteiger partial charge in [-0.15, -0.1) is 0 Å². The fraction of sp³-hybridized carbons (Fsp3) is 0.261. The first-order valence-corrected chi connectivity index (χ1v) is 11.0. The molecule has 1 aliphatic rings. The molecule has 2 aromatic carbocycles. The Bertz CT molecular complexity index is 1080. The van der Waals surface area contributed by atoms with Gasteiger partial charge in [0.05, 0.1) is 23.1 Å². The molecule has 0 radical (unpaired) electrons. The Hall–Kier alpha value is -2.97. The summed E-state index contributed by atoms with van der Waals surface area (Å²) in [7, 11) is 1.49. The van der Waals surface area contributed by atoms with Crippen molar-refractivity contribution in [3.05, 3.63) is 57.5 Å². The third-order valence-electron chi connectivity index (χ3n) is 4.41. The summed E-state index contributed by atoms with van der Waals surface area (Å²) in [6.45, 7) is 5.30. The molecule has 32 heavy (non-hydrogen) atoms. The zero-order chi connectivity index (χ0) is 23.4. The maximum Gasteiger partial charge on any atom is 0.294 e. The summed E-state index contributed by atoms with van der Waals surface area (Å²) in [5.41, 5.74) is 2.21. The van der Waals surface area contributed by atoms with Crippen LogP contribution in [0.4, 0.5) is 10.5 Å². The largest absolute Gasteiger partial charge is 0.493 e. The number of imide groups is 1. The standard InChI is InChI=1S/C23H23ClN2O5S/c1-13(2)31-21-17(24)9-15(10-18(21)30-4)11-19-22(28)26(23(29)32-19)12-20(27)25-16-7-5-14(3)6-8-16/h5-11,13H,12H2,1-4H3,(H,25,27). The van der Waals surface area contributed by atoms with Gasteiger partial charge in [-0.2, -0.15) is 0 Å². The van der Waals surface area contributed by atoms with Crippen LogP contribution in [-0.2, 0) is 9.59 Å². The van der Waals surface area contributed by atoms with Gasteiger partial charge in [0, 0.05) is 5.69 Å². The monoisotopic (exact) mass is 474 g/mol. The molecule has 9 heteroatoms. The molecule has 0 bridgehead atoms. The second-order valence-corrected chi connectivity index (χ2v) is 8.78. The van der Waals surface area contributed by atoms with E-state index in [0.29, 0.717) is 27.8 Å². The van der Waals surface area contributed by atoms with E-state index in [9.17, 15) is 14.4 Å². The summed E-state index contributed by atoms with van der Waals surface area (Å²) in [4.78, 5) is 38.5. The van der Waals surface area contributed by atoms with Crippen LogP contribution in [0.5, 0.6) is 11.5 Å². The maximum absolute atomic E-state index is 12.8. The second-order valence-electron chi connectivity index (χ2n) is 7.38. The van der Waals surface area contributed by atoms with Crippen LogP contribution in [0.2, 0.25) is 5.02 Å². The predicted molar refractivity (Wildman–Crippen MR) is 126 cm³/mol. The topological polar surface area (TPSA) is 84.9 Å². The third-order valence-corrected chi connectivity index (χ3v) is 5.60. The number of nitrogens with zero attached hydrogens (tertiary/aromatic N) is 1. The maximum atomic E-state index is 12.8. The highest BCUT2D eigenvalue weighted by atomic mass is 35.5. The Morgan fingerprint density at radius 1 is 1.22 bits per heavy atom. The number of carbonyl (C=O) groups is 3. The van der Waals surface area contributed by atoms with Gasteiger partial charge in [0.2, 0.25) is 5.91 Å². The summed E-state index contributed by atoms with van der Waals surface area (Å²) in [5.74, 6) is -0.190. The van der Waals surface area contributed by atoms with E-state index in [-0.39, 0.29) is 17.6 Å². The first-order chi connectivity index (χ1) is 15.2. The van der Waals surface area contributed by atoms with E-state index in [0.717, 1.165) is 22.2 Å². The fourth-order valence-corrected chi connectivity index (χ4v) is 4.04. The Kier molecular flexibility index (Phi) is 7.48. The van der Waals surface area contributed by atoms with E-state index in [1.165, 1.54) is 13.2 Å². The number of amides is 3. The van der Waals surface area contributed by atoms with Crippen LogP contribution in [0.3, 0.4) is 0 Å². The minimum absolute atomic E-state index is 0.102. The normalized spacial score (nSPS) is 14.9. The molecule has 0 unspecified atom stereocenters. The zero-order valence-electron chi connectivity index (χ0n) is 18.1. The van der Waals surface area contributed by atoms with Gasteiger partial charge in [0.25, 0.3) is 11.1 Å². The van der Waals surface area contributed by atoms with Crippen LogP contribution < -0.4 is 14.8 Å². The lowest BCUT2D eigenvalue weighted by atomic mass is 10.1. The molecular weight excluding hydrogens is 452 g/mol. The van der Waals surface area contributed by atoms with E-state index >= 15 is 0 Å². The number of aryl methyl sites for hydroxylation is 1. The van der Waals surface area contributed by atoms with Crippen LogP contribution >= 0.6 is 23.4 Å². The lowest BCUT2D eigenvalue weighted by Gasteiger charge is -2.15. The van der Waals surface area contributed by atoms with Gasteiger partial charge < -0.3 is 14.8 Å². The molecule has 3 amide bonds. The van der Waals surface area contributed by atoms with Gasteiger partial charge in [-0.25, -0.2) is 0 Å². The summed E-state index contributed by atoms with van der Waals surface area (Å²) in [6, 6.07) is 10.5. The van der Waals surface area contributed by atoms with Crippen molar-refractivity contribution >= 4 is 52.2 Å². The molecule has 168 valence electrons. The number of benzene rings is 2. The van der Waals surface area contributed by atoms with Crippen molar-refractivity contribution in [2.75, 3.05) is 19.0 Å². The van der Waals surface area contributed by atoms with E-state index in [4.69, 9.17) is 21.1 Å². The van der Waals surface area contributed by atoms with Crippen molar-refractivity contribution < 1.29 is 23.9 Å². The lowest BCUT2D eigenvalue weighted by molar-refractivity contribution is -0.127. The minimum atomic E-state index is -0.545. The Morgan fingerprint density at radius 3 is 2.53 bits per heavy atom. The van der Waals surface area contributed by atoms with Crippen molar-refractivity contribution in [1.29, 1.82) is 0 Å². The van der Waals surface area contributed by atoms with E-state index in [1.54, 1.807) is 24.3 Å². The van der Waals surface area contributed by atoms with Gasteiger partial charge >= 0.3 is 0 Å². The van der Waals surface area contributed by atoms with Crippen molar-refractivity contribution in [3.63, 3.8) is 0 Å². The first kappa shape index (κ1) is 23.7. The number of hydrogen-bond acceptors (Lipinski definition) is 6. The van der Waals surface area contributed by atoms with Crippen molar-refractivity contribution in [3.8, 4) is 11.5 Å². The summed E-state index contributed by atoms with van der Waals surface area (Å²) >= 11 is 7.10. The second kappa shape index (κ2) is 10.1. The zero-order valence-corrected chi connectivity index (χ0v) is 19.7. The molecule has 3 rings (SSSR count). The van der Waals surface area contributed by atoms with Crippen molar-refractivity contribution in [1.82, 2.24) is 4.90 Å². The van der Waals surface area contributed by atoms with Crippen LogP contribution in [0.15, 0.2) is 41.3 Å². The number of anilines is 1. The molecule has 1 aliphatic heterocycles. The molecule has 2 aromatic rings. The van der Waals surface area contributed by atoms with E-state index in [2.05, 4.69) is 5.32 Å². The van der Waals surface area contributed by atoms with E-state index in [1.807, 2.05) is 32.9 Å². The number of methoxy groups -OCH3 is 1. The van der Waals surface area contributed by atoms with E-state index < -0.39 is 17.1 Å². The molecule has 7 nitrogen and oxygen atoms in total. The average Bonchev–Trinajstić information content (AvgIpc) is 2.98. The molecule has 0 atom stereocenters. The smallest absolute Gasteiger partial charge is 0.294 e. The summed E-state index contributed by atoms with van der Waals surface area (Å²) in [5, 5.41) is 2.49. The van der Waals surface area contributed by atoms with Gasteiger partial charge in [0.1, 0.15) is 6.54 Å². The summed E-state index contributed by atoms with van der Waals surface area (Å²) < 4.78 is 11.0. The lowest BCUT2D eigenvalue weighted by Crippen LogP contribution is -2.36. The molecule has 0 aliphatic carbocycles. The van der Waals surface area contributed by atoms with Crippen LogP contribution in [0.25, 0.3) is 6.08 Å². The molecule has 0 saturated carbocycles. The van der Waals surface area contributed by atoms with Crippen LogP contribution in [0.1, 0.15) is 25.0 Å². The quantitative estimate of drug-likeness (QED) is 0.560. The van der Waals surface area contributed by atoms with Gasteiger partial charge in [-0.3, -0.25) is 19.3 Å². The number of thioether (sulfide) groups is 1. The number of hydrogen-bond donors (Lipinski definition) is 1. The number of rotatable bonds is 7. The molecule has 1 fully saturated rings. The fourth-order valence-electron chi connectivity index (χ4n) is 2.94. The number of nitrogens with one attached hydrogen (secondary N) is 1. The highest BCUT2D eigenvalue weighted by Crippen LogP contribution is 2.39.